The fraction of sp³-hybridized carbons (Fsp3) is 0.611. The monoisotopic (exact) mass is 364 g/mol. The molecule has 2 rings (SSSR count). The first-order valence-corrected chi connectivity index (χ1v) is 9.02. The predicted octanol–water partition coefficient (Wildman–Crippen LogP) is 1.36. The lowest BCUT2D eigenvalue weighted by Crippen LogP contribution is -2.50. The van der Waals surface area contributed by atoms with Gasteiger partial charge in [0.1, 0.15) is 12.4 Å². The number of benzene rings is 1. The number of amides is 1. The average molecular weight is 364 g/mol. The van der Waals surface area contributed by atoms with Crippen LogP contribution >= 0.6 is 0 Å². The molecule has 1 amide bonds. The maximum atomic E-state index is 11.9. The van der Waals surface area contributed by atoms with Gasteiger partial charge in [-0.25, -0.2) is 0 Å². The van der Waals surface area contributed by atoms with Gasteiger partial charge in [-0.2, -0.15) is 0 Å². The third kappa shape index (κ3) is 6.97. The molecule has 0 spiro atoms. The van der Waals surface area contributed by atoms with Crippen LogP contribution < -0.4 is 10.1 Å². The molecule has 0 bridgehead atoms. The highest BCUT2D eigenvalue weighted by molar-refractivity contribution is 5.78. The maximum absolute atomic E-state index is 11.9. The van der Waals surface area contributed by atoms with Crippen LogP contribution in [0.5, 0.6) is 5.75 Å². The summed E-state index contributed by atoms with van der Waals surface area (Å²) < 4.78 is 5.62. The molecule has 1 saturated heterocycles. The van der Waals surface area contributed by atoms with E-state index in [1.165, 1.54) is 12.1 Å². The summed E-state index contributed by atoms with van der Waals surface area (Å²) in [5, 5.41) is 13.7. The number of ether oxygens (including phenoxy) is 1. The van der Waals surface area contributed by atoms with Gasteiger partial charge in [0.15, 0.2) is 0 Å². The number of non-ortho nitro benzene ring substituents is 1. The predicted molar refractivity (Wildman–Crippen MR) is 99.3 cm³/mol. The second kappa shape index (κ2) is 10.1. The molecule has 0 radical (unpaired) electrons. The maximum Gasteiger partial charge on any atom is 0.273 e. The van der Waals surface area contributed by atoms with Gasteiger partial charge in [-0.3, -0.25) is 24.7 Å². The number of nitrogens with zero attached hydrogens (tertiary/aromatic N) is 3. The van der Waals surface area contributed by atoms with Gasteiger partial charge in [0, 0.05) is 45.3 Å². The Balaban J connectivity index is 1.64. The summed E-state index contributed by atoms with van der Waals surface area (Å²) >= 11 is 0. The average Bonchev–Trinajstić information content (AvgIpc) is 2.62. The van der Waals surface area contributed by atoms with Gasteiger partial charge < -0.3 is 10.1 Å². The fourth-order valence-electron chi connectivity index (χ4n) is 2.73. The van der Waals surface area contributed by atoms with E-state index in [0.717, 1.165) is 32.7 Å². The van der Waals surface area contributed by atoms with E-state index < -0.39 is 4.92 Å². The minimum absolute atomic E-state index is 0.0341. The van der Waals surface area contributed by atoms with Crippen molar-refractivity contribution in [3.63, 3.8) is 0 Å². The summed E-state index contributed by atoms with van der Waals surface area (Å²) in [6.07, 6.45) is 0. The van der Waals surface area contributed by atoms with Crippen LogP contribution in [0.15, 0.2) is 24.3 Å². The van der Waals surface area contributed by atoms with E-state index in [1.807, 2.05) is 0 Å². The van der Waals surface area contributed by atoms with Gasteiger partial charge >= 0.3 is 0 Å². The van der Waals surface area contributed by atoms with Crippen LogP contribution in [0.2, 0.25) is 0 Å². The Morgan fingerprint density at radius 1 is 1.27 bits per heavy atom. The molecular formula is C18H28N4O4. The topological polar surface area (TPSA) is 88.0 Å². The molecule has 0 atom stereocenters. The highest BCUT2D eigenvalue weighted by atomic mass is 16.6. The first kappa shape index (κ1) is 20.1. The molecule has 0 aliphatic carbocycles. The Hall–Kier alpha value is -2.19. The third-order valence-electron chi connectivity index (χ3n) is 4.24. The smallest absolute Gasteiger partial charge is 0.273 e. The van der Waals surface area contributed by atoms with Crippen LogP contribution in [0.1, 0.15) is 13.8 Å². The van der Waals surface area contributed by atoms with Gasteiger partial charge in [-0.15, -0.1) is 0 Å². The standard InChI is InChI=1S/C18H28N4O4/c1-15(2)13-19-18(23)14-21-8-6-20(7-9-21)10-11-26-17-5-3-4-16(12-17)22(24)25/h3-5,12,15H,6-11,13-14H2,1-2H3,(H,19,23). The van der Waals surface area contributed by atoms with E-state index in [-0.39, 0.29) is 11.6 Å². The van der Waals surface area contributed by atoms with Crippen molar-refractivity contribution in [1.29, 1.82) is 0 Å². The van der Waals surface area contributed by atoms with Crippen molar-refractivity contribution in [3.8, 4) is 5.75 Å². The minimum atomic E-state index is -0.427. The van der Waals surface area contributed by atoms with Crippen LogP contribution in [0.4, 0.5) is 5.69 Å². The lowest BCUT2D eigenvalue weighted by Gasteiger charge is -2.34. The zero-order valence-corrected chi connectivity index (χ0v) is 15.5. The highest BCUT2D eigenvalue weighted by Crippen LogP contribution is 2.19. The number of hydrogen-bond donors (Lipinski definition) is 1. The SMILES string of the molecule is CC(C)CNC(=O)CN1CCN(CCOc2cccc([N+](=O)[O-])c2)CC1. The zero-order valence-electron chi connectivity index (χ0n) is 15.5. The third-order valence-corrected chi connectivity index (χ3v) is 4.24. The van der Waals surface area contributed by atoms with E-state index in [2.05, 4.69) is 29.0 Å². The zero-order chi connectivity index (χ0) is 18.9. The van der Waals surface area contributed by atoms with Gasteiger partial charge in [0.05, 0.1) is 17.5 Å². The first-order valence-electron chi connectivity index (χ1n) is 9.02. The second-order valence-electron chi connectivity index (χ2n) is 6.92. The van der Waals surface area contributed by atoms with Crippen LogP contribution in [0.3, 0.4) is 0 Å². The Labute approximate surface area is 154 Å². The van der Waals surface area contributed by atoms with Crippen molar-refractivity contribution >= 4 is 11.6 Å². The molecule has 1 aromatic carbocycles. The summed E-state index contributed by atoms with van der Waals surface area (Å²) in [6, 6.07) is 6.23. The van der Waals surface area contributed by atoms with Crippen molar-refractivity contribution in [2.24, 2.45) is 5.92 Å². The molecule has 0 aromatic heterocycles. The van der Waals surface area contributed by atoms with E-state index in [1.54, 1.807) is 12.1 Å². The van der Waals surface area contributed by atoms with E-state index in [0.29, 0.717) is 31.4 Å². The molecule has 1 aliphatic heterocycles. The molecule has 1 fully saturated rings. The molecule has 8 nitrogen and oxygen atoms in total. The number of nitro benzene ring substituents is 1. The van der Waals surface area contributed by atoms with Gasteiger partial charge in [-0.05, 0) is 12.0 Å². The van der Waals surface area contributed by atoms with Gasteiger partial charge in [0.25, 0.3) is 5.69 Å². The van der Waals surface area contributed by atoms with Crippen molar-refractivity contribution in [2.45, 2.75) is 13.8 Å². The van der Waals surface area contributed by atoms with Crippen molar-refractivity contribution < 1.29 is 14.5 Å². The molecule has 1 N–H and O–H groups in total. The summed E-state index contributed by atoms with van der Waals surface area (Å²) in [7, 11) is 0. The van der Waals surface area contributed by atoms with Gasteiger partial charge in [0.2, 0.25) is 5.91 Å². The van der Waals surface area contributed by atoms with Crippen LogP contribution in [-0.2, 0) is 4.79 Å². The minimum Gasteiger partial charge on any atom is -0.492 e. The molecule has 1 aliphatic rings. The molecule has 8 heteroatoms. The number of rotatable bonds is 9. The Kier molecular flexibility index (Phi) is 7.80. The number of nitro groups is 1. The number of carbonyl (C=O) groups excluding carboxylic acids is 1. The molecule has 0 saturated carbocycles. The lowest BCUT2D eigenvalue weighted by molar-refractivity contribution is -0.384. The highest BCUT2D eigenvalue weighted by Gasteiger charge is 2.18. The number of carbonyl (C=O) groups is 1. The van der Waals surface area contributed by atoms with Crippen molar-refractivity contribution in [3.05, 3.63) is 34.4 Å². The molecule has 0 unspecified atom stereocenters. The molecular weight excluding hydrogens is 336 g/mol. The van der Waals surface area contributed by atoms with Crippen LogP contribution in [0.25, 0.3) is 0 Å². The summed E-state index contributed by atoms with van der Waals surface area (Å²) in [5.41, 5.74) is 0.0341. The largest absolute Gasteiger partial charge is 0.492 e. The van der Waals surface area contributed by atoms with Crippen LogP contribution in [-0.4, -0.2) is 73.1 Å². The second-order valence-corrected chi connectivity index (χ2v) is 6.92. The number of nitrogens with one attached hydrogen (secondary N) is 1. The van der Waals surface area contributed by atoms with Crippen LogP contribution in [0, 0.1) is 16.0 Å². The molecule has 1 aromatic rings. The van der Waals surface area contributed by atoms with E-state index in [4.69, 9.17) is 4.74 Å². The first-order chi connectivity index (χ1) is 12.4. The molecule has 144 valence electrons. The normalized spacial score (nSPS) is 15.8. The fourth-order valence-corrected chi connectivity index (χ4v) is 2.73. The van der Waals surface area contributed by atoms with E-state index in [9.17, 15) is 14.9 Å². The summed E-state index contributed by atoms with van der Waals surface area (Å²) in [4.78, 5) is 26.6. The van der Waals surface area contributed by atoms with Crippen molar-refractivity contribution in [2.75, 3.05) is 52.4 Å². The molecule has 26 heavy (non-hydrogen) atoms. The number of piperazine rings is 1. The Bertz CT molecular complexity index is 601. The Morgan fingerprint density at radius 3 is 2.62 bits per heavy atom. The Morgan fingerprint density at radius 2 is 1.96 bits per heavy atom. The number of hydrogen-bond acceptors (Lipinski definition) is 6. The molecule has 1 heterocycles. The lowest BCUT2D eigenvalue weighted by atomic mass is 10.2. The van der Waals surface area contributed by atoms with Gasteiger partial charge in [-0.1, -0.05) is 19.9 Å². The van der Waals surface area contributed by atoms with E-state index >= 15 is 0 Å². The van der Waals surface area contributed by atoms with Crippen molar-refractivity contribution in [1.82, 2.24) is 15.1 Å². The quantitative estimate of drug-likeness (QED) is 0.526. The summed E-state index contributed by atoms with van der Waals surface area (Å²) in [5.74, 6) is 1.06. The summed E-state index contributed by atoms with van der Waals surface area (Å²) in [6.45, 7) is 10.0.